The summed E-state index contributed by atoms with van der Waals surface area (Å²) < 4.78 is 9.00. The van der Waals surface area contributed by atoms with Crippen LogP contribution in [0.3, 0.4) is 0 Å². The molecule has 0 aliphatic rings. The quantitative estimate of drug-likeness (QED) is 0.581. The molecule has 3 aromatic rings. The molecule has 0 unspecified atom stereocenters. The zero-order valence-electron chi connectivity index (χ0n) is 13.9. The van der Waals surface area contributed by atoms with E-state index in [0.717, 1.165) is 10.3 Å². The number of nitrogens with one attached hydrogen (secondary N) is 2. The second-order valence-electron chi connectivity index (χ2n) is 5.42. The molecule has 3 rings (SSSR count). The average molecular weight is 434 g/mol. The lowest BCUT2D eigenvalue weighted by molar-refractivity contribution is 0.0951. The van der Waals surface area contributed by atoms with E-state index in [1.54, 1.807) is 35.0 Å². The van der Waals surface area contributed by atoms with Crippen LogP contribution in [0.5, 0.6) is 11.6 Å². The Morgan fingerprint density at radius 3 is 2.81 bits per heavy atom. The van der Waals surface area contributed by atoms with Gasteiger partial charge in [0.05, 0.1) is 0 Å². The predicted molar refractivity (Wildman–Crippen MR) is 103 cm³/mol. The number of aromatic nitrogens is 4. The first-order valence-electron chi connectivity index (χ1n) is 7.81. The van der Waals surface area contributed by atoms with Crippen LogP contribution >= 0.6 is 28.1 Å². The predicted octanol–water partition coefficient (Wildman–Crippen LogP) is 3.40. The van der Waals surface area contributed by atoms with Gasteiger partial charge in [0.15, 0.2) is 4.77 Å². The van der Waals surface area contributed by atoms with Crippen molar-refractivity contribution in [3.63, 3.8) is 0 Å². The van der Waals surface area contributed by atoms with E-state index in [0.29, 0.717) is 29.0 Å². The van der Waals surface area contributed by atoms with Gasteiger partial charge in [0.25, 0.3) is 5.91 Å². The molecule has 0 radical (unpaired) electrons. The van der Waals surface area contributed by atoms with Crippen LogP contribution < -0.4 is 10.1 Å². The molecule has 0 aliphatic carbocycles. The number of H-pyrrole nitrogens is 1. The monoisotopic (exact) mass is 433 g/mol. The number of halogens is 1. The molecule has 1 amide bonds. The van der Waals surface area contributed by atoms with Crippen LogP contribution in [0.25, 0.3) is 0 Å². The molecule has 1 aromatic carbocycles. The zero-order valence-corrected chi connectivity index (χ0v) is 16.3. The summed E-state index contributed by atoms with van der Waals surface area (Å²) in [6, 6.07) is 10.7. The van der Waals surface area contributed by atoms with E-state index in [-0.39, 0.29) is 11.8 Å². The Labute approximate surface area is 163 Å². The van der Waals surface area contributed by atoms with Crippen molar-refractivity contribution in [2.45, 2.75) is 6.42 Å². The molecular weight excluding hydrogens is 418 g/mol. The summed E-state index contributed by atoms with van der Waals surface area (Å²) in [4.78, 5) is 16.7. The van der Waals surface area contributed by atoms with Crippen molar-refractivity contribution in [2.24, 2.45) is 7.05 Å². The lowest BCUT2D eigenvalue weighted by Gasteiger charge is -2.10. The van der Waals surface area contributed by atoms with E-state index in [1.165, 1.54) is 0 Å². The number of amides is 1. The smallest absolute Gasteiger partial charge is 0.256 e. The van der Waals surface area contributed by atoms with Crippen LogP contribution in [0.4, 0.5) is 0 Å². The third kappa shape index (κ3) is 4.36. The van der Waals surface area contributed by atoms with Gasteiger partial charge < -0.3 is 14.6 Å². The van der Waals surface area contributed by atoms with Crippen molar-refractivity contribution in [3.8, 4) is 11.6 Å². The highest BCUT2D eigenvalue weighted by molar-refractivity contribution is 9.10. The fourth-order valence-corrected chi connectivity index (χ4v) is 2.66. The van der Waals surface area contributed by atoms with Gasteiger partial charge in [0.2, 0.25) is 5.88 Å². The van der Waals surface area contributed by atoms with Gasteiger partial charge in [-0.05, 0) is 48.6 Å². The second kappa shape index (κ2) is 8.24. The Hall–Kier alpha value is -2.52. The topological polar surface area (TPSA) is 84.8 Å². The van der Waals surface area contributed by atoms with Crippen LogP contribution in [-0.2, 0) is 13.5 Å². The molecule has 0 bridgehead atoms. The molecule has 0 saturated carbocycles. The Bertz CT molecular complexity index is 968. The summed E-state index contributed by atoms with van der Waals surface area (Å²) in [6.45, 7) is 0.416. The molecule has 0 fully saturated rings. The molecule has 9 heteroatoms. The van der Waals surface area contributed by atoms with Crippen molar-refractivity contribution in [1.29, 1.82) is 0 Å². The molecule has 2 heterocycles. The van der Waals surface area contributed by atoms with Gasteiger partial charge in [0.1, 0.15) is 17.1 Å². The number of hydrogen-bond acceptors (Lipinski definition) is 5. The van der Waals surface area contributed by atoms with Gasteiger partial charge in [-0.2, -0.15) is 5.10 Å². The summed E-state index contributed by atoms with van der Waals surface area (Å²) in [5.74, 6) is 1.36. The summed E-state index contributed by atoms with van der Waals surface area (Å²) in [5, 5.41) is 9.69. The van der Waals surface area contributed by atoms with Crippen molar-refractivity contribution >= 4 is 34.1 Å². The number of ether oxygens (including phenoxy) is 1. The summed E-state index contributed by atoms with van der Waals surface area (Å²) >= 11 is 8.44. The lowest BCUT2D eigenvalue weighted by atomic mass is 10.2. The van der Waals surface area contributed by atoms with E-state index < -0.39 is 0 Å². The van der Waals surface area contributed by atoms with Crippen LogP contribution in [0, 0.1) is 4.77 Å². The average Bonchev–Trinajstić information content (AvgIpc) is 2.96. The van der Waals surface area contributed by atoms with Gasteiger partial charge in [-0.3, -0.25) is 9.89 Å². The molecule has 0 saturated heterocycles. The minimum Gasteiger partial charge on any atom is -0.438 e. The largest absolute Gasteiger partial charge is 0.438 e. The molecule has 134 valence electrons. The van der Waals surface area contributed by atoms with Crippen LogP contribution in [-0.4, -0.2) is 32.2 Å². The molecule has 7 nitrogen and oxygen atoms in total. The molecule has 0 atom stereocenters. The maximum atomic E-state index is 12.5. The third-order valence-electron chi connectivity index (χ3n) is 3.65. The van der Waals surface area contributed by atoms with Gasteiger partial charge in [-0.1, -0.05) is 15.9 Å². The number of aromatic amines is 1. The number of nitrogens with zero attached hydrogens (tertiary/aromatic N) is 3. The minimum atomic E-state index is -0.262. The fourth-order valence-electron chi connectivity index (χ4n) is 2.25. The van der Waals surface area contributed by atoms with Crippen LogP contribution in [0.1, 0.15) is 16.2 Å². The van der Waals surface area contributed by atoms with Crippen molar-refractivity contribution < 1.29 is 9.53 Å². The van der Waals surface area contributed by atoms with E-state index in [4.69, 9.17) is 17.0 Å². The Balaban J connectivity index is 1.66. The zero-order chi connectivity index (χ0) is 18.5. The van der Waals surface area contributed by atoms with Gasteiger partial charge in [-0.25, -0.2) is 4.98 Å². The number of carbonyl (C=O) groups is 1. The first-order valence-corrected chi connectivity index (χ1v) is 9.01. The van der Waals surface area contributed by atoms with Crippen molar-refractivity contribution in [2.75, 3.05) is 6.54 Å². The Kier molecular flexibility index (Phi) is 5.79. The van der Waals surface area contributed by atoms with E-state index in [1.807, 2.05) is 19.2 Å². The molecule has 0 aliphatic heterocycles. The molecular formula is C17H16BrN5O2S. The first kappa shape index (κ1) is 18.3. The second-order valence-corrected chi connectivity index (χ2v) is 6.72. The highest BCUT2D eigenvalue weighted by atomic mass is 79.9. The summed E-state index contributed by atoms with van der Waals surface area (Å²) in [7, 11) is 1.83. The van der Waals surface area contributed by atoms with Gasteiger partial charge in [0, 0.05) is 30.7 Å². The fraction of sp³-hybridized carbons (Fsp3) is 0.176. The van der Waals surface area contributed by atoms with E-state index in [9.17, 15) is 4.79 Å². The molecule has 26 heavy (non-hydrogen) atoms. The number of hydrogen-bond donors (Lipinski definition) is 2. The Morgan fingerprint density at radius 1 is 1.35 bits per heavy atom. The molecule has 2 N–H and O–H groups in total. The highest BCUT2D eigenvalue weighted by Crippen LogP contribution is 2.24. The lowest BCUT2D eigenvalue weighted by Crippen LogP contribution is -2.27. The van der Waals surface area contributed by atoms with Gasteiger partial charge >= 0.3 is 0 Å². The number of benzene rings is 1. The first-order chi connectivity index (χ1) is 12.5. The molecule has 0 spiro atoms. The van der Waals surface area contributed by atoms with Crippen LogP contribution in [0.2, 0.25) is 0 Å². The van der Waals surface area contributed by atoms with Crippen molar-refractivity contribution in [1.82, 2.24) is 25.1 Å². The normalized spacial score (nSPS) is 10.5. The van der Waals surface area contributed by atoms with E-state index >= 15 is 0 Å². The number of carbonyl (C=O) groups excluding carboxylic acids is 1. The van der Waals surface area contributed by atoms with E-state index in [2.05, 4.69) is 36.4 Å². The SMILES string of the molecule is Cn1c(CCNC(=O)c2cccnc2Oc2ccc(Br)cc2)n[nH]c1=S. The molecule has 2 aromatic heterocycles. The standard InChI is InChI=1S/C17H16BrN5O2S/c1-23-14(21-22-17(23)26)8-10-19-15(24)13-3-2-9-20-16(13)25-12-6-4-11(18)5-7-12/h2-7,9H,8,10H2,1H3,(H,19,24)(H,22,26). The summed E-state index contributed by atoms with van der Waals surface area (Å²) in [5.41, 5.74) is 0.366. The maximum absolute atomic E-state index is 12.5. The third-order valence-corrected chi connectivity index (χ3v) is 4.54. The maximum Gasteiger partial charge on any atom is 0.256 e. The minimum absolute atomic E-state index is 0.255. The van der Waals surface area contributed by atoms with Gasteiger partial charge in [-0.15, -0.1) is 0 Å². The highest BCUT2D eigenvalue weighted by Gasteiger charge is 2.14. The number of rotatable bonds is 6. The van der Waals surface area contributed by atoms with Crippen LogP contribution in [0.15, 0.2) is 47.1 Å². The Morgan fingerprint density at radius 2 is 2.12 bits per heavy atom. The van der Waals surface area contributed by atoms with Crippen molar-refractivity contribution in [3.05, 3.63) is 63.2 Å². The summed E-state index contributed by atoms with van der Waals surface area (Å²) in [6.07, 6.45) is 2.14. The number of pyridine rings is 1.